The lowest BCUT2D eigenvalue weighted by Gasteiger charge is -2.27. The maximum absolute atomic E-state index is 10.8. The molecule has 6 nitrogen and oxygen atoms in total. The zero-order chi connectivity index (χ0) is 12.3. The predicted octanol–water partition coefficient (Wildman–Crippen LogP) is -0.0214. The molecule has 0 unspecified atom stereocenters. The molecule has 0 bridgehead atoms. The summed E-state index contributed by atoms with van der Waals surface area (Å²) in [6, 6.07) is 0. The van der Waals surface area contributed by atoms with E-state index in [0.717, 1.165) is 0 Å². The van der Waals surface area contributed by atoms with Crippen LogP contribution in [0.15, 0.2) is 0 Å². The molecule has 0 aromatic carbocycles. The summed E-state index contributed by atoms with van der Waals surface area (Å²) in [4.78, 5) is 21.5. The molecule has 6 heteroatoms. The Bertz CT molecular complexity index is 289. The van der Waals surface area contributed by atoms with E-state index in [-0.39, 0.29) is 12.7 Å². The molecule has 1 aliphatic heterocycles. The second-order valence-electron chi connectivity index (χ2n) is 3.89. The summed E-state index contributed by atoms with van der Waals surface area (Å²) >= 11 is 0. The van der Waals surface area contributed by atoms with E-state index >= 15 is 0 Å². The van der Waals surface area contributed by atoms with Crippen LogP contribution in [0.1, 0.15) is 27.2 Å². The zero-order valence-electron chi connectivity index (χ0n) is 9.56. The van der Waals surface area contributed by atoms with Crippen molar-refractivity contribution in [3.63, 3.8) is 0 Å². The Labute approximate surface area is 93.5 Å². The second kappa shape index (κ2) is 4.80. The van der Waals surface area contributed by atoms with E-state index in [2.05, 4.69) is 4.74 Å². The van der Waals surface area contributed by atoms with Crippen molar-refractivity contribution < 1.29 is 28.9 Å². The van der Waals surface area contributed by atoms with Crippen LogP contribution in [0.3, 0.4) is 0 Å². The molecule has 0 saturated carbocycles. The van der Waals surface area contributed by atoms with Crippen LogP contribution in [0, 0.1) is 0 Å². The van der Waals surface area contributed by atoms with Gasteiger partial charge in [-0.1, -0.05) is 0 Å². The molecule has 1 saturated heterocycles. The quantitative estimate of drug-likeness (QED) is 0.688. The van der Waals surface area contributed by atoms with Crippen molar-refractivity contribution in [3.8, 4) is 0 Å². The topological polar surface area (TPSA) is 82.1 Å². The van der Waals surface area contributed by atoms with Gasteiger partial charge in [-0.05, 0) is 6.92 Å². The minimum Gasteiger partial charge on any atom is -0.460 e. The molecule has 0 radical (unpaired) electrons. The average molecular weight is 232 g/mol. The SMILES string of the molecule is CC(=O)OC[C@]1(O)O[C@@H](C)C[C@H]1OC(C)=O. The molecule has 0 aliphatic carbocycles. The molecule has 92 valence electrons. The molecule has 1 aliphatic rings. The lowest BCUT2D eigenvalue weighted by Crippen LogP contribution is -2.46. The van der Waals surface area contributed by atoms with Gasteiger partial charge in [0, 0.05) is 20.3 Å². The van der Waals surface area contributed by atoms with Crippen molar-refractivity contribution in [2.45, 2.75) is 45.2 Å². The highest BCUT2D eigenvalue weighted by atomic mass is 16.7. The molecule has 0 spiro atoms. The van der Waals surface area contributed by atoms with Gasteiger partial charge in [0.25, 0.3) is 0 Å². The van der Waals surface area contributed by atoms with Gasteiger partial charge in [0.2, 0.25) is 5.79 Å². The lowest BCUT2D eigenvalue weighted by molar-refractivity contribution is -0.252. The first-order valence-corrected chi connectivity index (χ1v) is 5.04. The molecule has 1 N–H and O–H groups in total. The number of rotatable bonds is 3. The number of carbonyl (C=O) groups excluding carboxylic acids is 2. The number of hydrogen-bond acceptors (Lipinski definition) is 6. The molecule has 3 atom stereocenters. The largest absolute Gasteiger partial charge is 0.460 e. The number of hydrogen-bond donors (Lipinski definition) is 1. The minimum atomic E-state index is -1.74. The standard InChI is InChI=1S/C10H16O6/c1-6-4-9(15-8(3)12)10(13,16-6)5-14-7(2)11/h6,9,13H,4-5H2,1-3H3/t6-,9+,10-/m0/s1. The highest BCUT2D eigenvalue weighted by Gasteiger charge is 2.49. The minimum absolute atomic E-state index is 0.259. The van der Waals surface area contributed by atoms with Gasteiger partial charge in [0.1, 0.15) is 6.61 Å². The van der Waals surface area contributed by atoms with E-state index in [1.807, 2.05) is 0 Å². The predicted molar refractivity (Wildman–Crippen MR) is 52.3 cm³/mol. The number of esters is 2. The second-order valence-corrected chi connectivity index (χ2v) is 3.89. The van der Waals surface area contributed by atoms with E-state index in [0.29, 0.717) is 6.42 Å². The molecule has 0 aromatic rings. The summed E-state index contributed by atoms with van der Waals surface area (Å²) in [5, 5.41) is 10.0. The molecule has 0 aromatic heterocycles. The van der Waals surface area contributed by atoms with Crippen LogP contribution in [0.5, 0.6) is 0 Å². The van der Waals surface area contributed by atoms with Crippen LogP contribution < -0.4 is 0 Å². The Morgan fingerprint density at radius 2 is 2.06 bits per heavy atom. The highest BCUT2D eigenvalue weighted by molar-refractivity contribution is 5.66. The third-order valence-electron chi connectivity index (χ3n) is 2.24. The van der Waals surface area contributed by atoms with Crippen LogP contribution in [0.2, 0.25) is 0 Å². The van der Waals surface area contributed by atoms with Crippen LogP contribution in [0.25, 0.3) is 0 Å². The highest BCUT2D eigenvalue weighted by Crippen LogP contribution is 2.31. The molecule has 16 heavy (non-hydrogen) atoms. The van der Waals surface area contributed by atoms with Crippen LogP contribution in [-0.4, -0.2) is 41.6 Å². The van der Waals surface area contributed by atoms with Gasteiger partial charge >= 0.3 is 11.9 Å². The third kappa shape index (κ3) is 3.18. The maximum atomic E-state index is 10.8. The number of ether oxygens (including phenoxy) is 3. The fourth-order valence-electron chi connectivity index (χ4n) is 1.63. The Kier molecular flexibility index (Phi) is 3.88. The van der Waals surface area contributed by atoms with Crippen molar-refractivity contribution in [2.24, 2.45) is 0 Å². The molecular weight excluding hydrogens is 216 g/mol. The summed E-state index contributed by atoms with van der Waals surface area (Å²) < 4.78 is 14.8. The third-order valence-corrected chi connectivity index (χ3v) is 2.24. The first-order valence-electron chi connectivity index (χ1n) is 5.04. The van der Waals surface area contributed by atoms with E-state index < -0.39 is 23.8 Å². The first-order chi connectivity index (χ1) is 7.33. The van der Waals surface area contributed by atoms with Gasteiger partial charge < -0.3 is 19.3 Å². The summed E-state index contributed by atoms with van der Waals surface area (Å²) in [6.07, 6.45) is -0.693. The van der Waals surface area contributed by atoms with Gasteiger partial charge in [-0.25, -0.2) is 0 Å². The summed E-state index contributed by atoms with van der Waals surface area (Å²) in [5.74, 6) is -2.78. The van der Waals surface area contributed by atoms with Gasteiger partial charge in [0.05, 0.1) is 6.10 Å². The van der Waals surface area contributed by atoms with Gasteiger partial charge in [-0.15, -0.1) is 0 Å². The van der Waals surface area contributed by atoms with E-state index in [4.69, 9.17) is 9.47 Å². The van der Waals surface area contributed by atoms with E-state index in [1.165, 1.54) is 13.8 Å². The number of carbonyl (C=O) groups is 2. The molecule has 0 amide bonds. The van der Waals surface area contributed by atoms with Crippen LogP contribution >= 0.6 is 0 Å². The van der Waals surface area contributed by atoms with Gasteiger partial charge in [0.15, 0.2) is 6.10 Å². The molecule has 1 rings (SSSR count). The van der Waals surface area contributed by atoms with Crippen LogP contribution in [-0.2, 0) is 23.8 Å². The fourth-order valence-corrected chi connectivity index (χ4v) is 1.63. The average Bonchev–Trinajstić information content (AvgIpc) is 2.38. The summed E-state index contributed by atoms with van der Waals surface area (Å²) in [6.45, 7) is 3.87. The van der Waals surface area contributed by atoms with Crippen molar-refractivity contribution in [1.82, 2.24) is 0 Å². The maximum Gasteiger partial charge on any atom is 0.303 e. The Morgan fingerprint density at radius 1 is 1.44 bits per heavy atom. The van der Waals surface area contributed by atoms with Crippen molar-refractivity contribution in [3.05, 3.63) is 0 Å². The summed E-state index contributed by atoms with van der Waals surface area (Å²) in [5.41, 5.74) is 0. The van der Waals surface area contributed by atoms with Gasteiger partial charge in [-0.3, -0.25) is 9.59 Å². The smallest absolute Gasteiger partial charge is 0.303 e. The monoisotopic (exact) mass is 232 g/mol. The summed E-state index contributed by atoms with van der Waals surface area (Å²) in [7, 11) is 0. The van der Waals surface area contributed by atoms with Crippen molar-refractivity contribution >= 4 is 11.9 Å². The Balaban J connectivity index is 2.65. The first kappa shape index (κ1) is 12.9. The number of aliphatic hydroxyl groups is 1. The Hall–Kier alpha value is -1.14. The van der Waals surface area contributed by atoms with Crippen LogP contribution in [0.4, 0.5) is 0 Å². The fraction of sp³-hybridized carbons (Fsp3) is 0.800. The van der Waals surface area contributed by atoms with Crippen molar-refractivity contribution in [2.75, 3.05) is 6.61 Å². The lowest BCUT2D eigenvalue weighted by atomic mass is 10.1. The molecular formula is C10H16O6. The van der Waals surface area contributed by atoms with Crippen molar-refractivity contribution in [1.29, 1.82) is 0 Å². The van der Waals surface area contributed by atoms with E-state index in [1.54, 1.807) is 6.92 Å². The molecule has 1 heterocycles. The normalized spacial score (nSPS) is 33.5. The zero-order valence-corrected chi connectivity index (χ0v) is 9.56. The van der Waals surface area contributed by atoms with E-state index in [9.17, 15) is 14.7 Å². The molecule has 1 fully saturated rings. The Morgan fingerprint density at radius 3 is 2.56 bits per heavy atom. The van der Waals surface area contributed by atoms with Gasteiger partial charge in [-0.2, -0.15) is 0 Å².